The molecule has 1 saturated heterocycles. The third-order valence-electron chi connectivity index (χ3n) is 5.41. The van der Waals surface area contributed by atoms with Crippen molar-refractivity contribution in [1.29, 1.82) is 5.26 Å². The number of methoxy groups -OCH3 is 1. The van der Waals surface area contributed by atoms with Crippen LogP contribution in [0.3, 0.4) is 0 Å². The number of ether oxygens (including phenoxy) is 2. The van der Waals surface area contributed by atoms with Crippen LogP contribution in [0.4, 0.5) is 5.82 Å². The summed E-state index contributed by atoms with van der Waals surface area (Å²) in [7, 11) is 1.60. The Kier molecular flexibility index (Phi) is 7.37. The molecule has 31 heavy (non-hydrogen) atoms. The van der Waals surface area contributed by atoms with Gasteiger partial charge in [0.05, 0.1) is 46.1 Å². The van der Waals surface area contributed by atoms with E-state index in [0.717, 1.165) is 0 Å². The van der Waals surface area contributed by atoms with Crippen LogP contribution in [0.2, 0.25) is 10.0 Å². The zero-order chi connectivity index (χ0) is 22.6. The lowest BCUT2D eigenvalue weighted by atomic mass is 9.80. The van der Waals surface area contributed by atoms with Crippen LogP contribution in [-0.2, 0) is 9.47 Å². The molecule has 0 unspecified atom stereocenters. The summed E-state index contributed by atoms with van der Waals surface area (Å²) in [6.07, 6.45) is 1.20. The molecule has 0 amide bonds. The lowest BCUT2D eigenvalue weighted by Crippen LogP contribution is -2.42. The quantitative estimate of drug-likeness (QED) is 0.574. The highest BCUT2D eigenvalue weighted by Crippen LogP contribution is 2.37. The summed E-state index contributed by atoms with van der Waals surface area (Å²) < 4.78 is 10.5. The van der Waals surface area contributed by atoms with Crippen LogP contribution in [0, 0.1) is 23.7 Å². The van der Waals surface area contributed by atoms with E-state index in [1.54, 1.807) is 32.2 Å². The van der Waals surface area contributed by atoms with Gasteiger partial charge in [0.15, 0.2) is 11.5 Å². The first-order valence-corrected chi connectivity index (χ1v) is 10.8. The molecule has 1 fully saturated rings. The van der Waals surface area contributed by atoms with Gasteiger partial charge >= 0.3 is 5.97 Å². The van der Waals surface area contributed by atoms with Crippen LogP contribution >= 0.6 is 23.2 Å². The van der Waals surface area contributed by atoms with E-state index in [0.29, 0.717) is 65.4 Å². The van der Waals surface area contributed by atoms with Crippen LogP contribution in [0.5, 0.6) is 0 Å². The Morgan fingerprint density at radius 3 is 2.61 bits per heavy atom. The molecule has 1 aromatic carbocycles. The smallest absolute Gasteiger partial charge is 0.360 e. The molecule has 7 nitrogen and oxygen atoms in total. The first-order chi connectivity index (χ1) is 14.9. The summed E-state index contributed by atoms with van der Waals surface area (Å²) in [4.78, 5) is 24.1. The lowest BCUT2D eigenvalue weighted by Gasteiger charge is -2.37. The normalized spacial score (nSPS) is 15.4. The number of rotatable bonds is 6. The maximum atomic E-state index is 12.8. The van der Waals surface area contributed by atoms with E-state index < -0.39 is 11.4 Å². The van der Waals surface area contributed by atoms with Crippen LogP contribution < -0.4 is 4.90 Å². The summed E-state index contributed by atoms with van der Waals surface area (Å²) in [5.41, 5.74) is 1.27. The Labute approximate surface area is 191 Å². The summed E-state index contributed by atoms with van der Waals surface area (Å²) in [6, 6.07) is 7.63. The van der Waals surface area contributed by atoms with E-state index in [2.05, 4.69) is 11.1 Å². The number of hydrogen-bond donors (Lipinski definition) is 0. The number of halogens is 2. The number of aryl methyl sites for hydroxylation is 1. The summed E-state index contributed by atoms with van der Waals surface area (Å²) in [5.74, 6) is -0.111. The van der Waals surface area contributed by atoms with Gasteiger partial charge in [0.1, 0.15) is 0 Å². The summed E-state index contributed by atoms with van der Waals surface area (Å²) in [6.45, 7) is 5.24. The number of piperidine rings is 1. The average Bonchev–Trinajstić information content (AvgIpc) is 2.76. The van der Waals surface area contributed by atoms with Crippen molar-refractivity contribution in [1.82, 2.24) is 9.97 Å². The molecule has 0 spiro atoms. The van der Waals surface area contributed by atoms with Crippen molar-refractivity contribution in [2.24, 2.45) is 5.41 Å². The molecule has 1 aliphatic rings. The fourth-order valence-electron chi connectivity index (χ4n) is 3.72. The van der Waals surface area contributed by atoms with Crippen molar-refractivity contribution < 1.29 is 14.3 Å². The standard InChI is InChI=1S/C22H24Cl2N4O3/c1-4-31-21(29)19-20(28-10-8-22(12-25,9-11-28)13-30-3)26-14(2)18(27-19)15-6-5-7-16(23)17(15)24/h5-7H,4,8-11,13H2,1-3H3. The SMILES string of the molecule is CCOC(=O)c1nc(-c2cccc(Cl)c2Cl)c(C)nc1N1CCC(C#N)(COC)CC1. The Morgan fingerprint density at radius 2 is 2.00 bits per heavy atom. The molecule has 0 radical (unpaired) electrons. The van der Waals surface area contributed by atoms with Gasteiger partial charge in [-0.1, -0.05) is 35.3 Å². The highest BCUT2D eigenvalue weighted by molar-refractivity contribution is 6.43. The number of hydrogen-bond acceptors (Lipinski definition) is 7. The van der Waals surface area contributed by atoms with Gasteiger partial charge in [-0.3, -0.25) is 0 Å². The number of anilines is 1. The maximum absolute atomic E-state index is 12.8. The van der Waals surface area contributed by atoms with E-state index in [9.17, 15) is 10.1 Å². The molecule has 0 aliphatic carbocycles. The van der Waals surface area contributed by atoms with E-state index >= 15 is 0 Å². The number of carbonyl (C=O) groups is 1. The fraction of sp³-hybridized carbons (Fsp3) is 0.455. The molecule has 1 aromatic heterocycles. The van der Waals surface area contributed by atoms with Gasteiger partial charge in [-0.05, 0) is 32.8 Å². The predicted octanol–water partition coefficient (Wildman–Crippen LogP) is 4.69. The molecule has 0 saturated carbocycles. The average molecular weight is 463 g/mol. The number of benzene rings is 1. The third-order valence-corrected chi connectivity index (χ3v) is 6.22. The topological polar surface area (TPSA) is 88.3 Å². The molecule has 2 aromatic rings. The monoisotopic (exact) mass is 462 g/mol. The van der Waals surface area contributed by atoms with Gasteiger partial charge in [-0.25, -0.2) is 14.8 Å². The highest BCUT2D eigenvalue weighted by Gasteiger charge is 2.37. The van der Waals surface area contributed by atoms with Gasteiger partial charge < -0.3 is 14.4 Å². The van der Waals surface area contributed by atoms with E-state index in [-0.39, 0.29) is 12.3 Å². The maximum Gasteiger partial charge on any atom is 0.360 e. The molecular formula is C22H24Cl2N4O3. The number of aromatic nitrogens is 2. The van der Waals surface area contributed by atoms with Crippen LogP contribution in [-0.4, -0.2) is 49.4 Å². The number of nitriles is 1. The van der Waals surface area contributed by atoms with Gasteiger partial charge in [0.25, 0.3) is 0 Å². The molecule has 2 heterocycles. The Bertz CT molecular complexity index is 1010. The first-order valence-electron chi connectivity index (χ1n) is 10.0. The predicted molar refractivity (Wildman–Crippen MR) is 120 cm³/mol. The first kappa shape index (κ1) is 23.3. The van der Waals surface area contributed by atoms with Gasteiger partial charge in [0.2, 0.25) is 0 Å². The second-order valence-electron chi connectivity index (χ2n) is 7.46. The molecule has 0 bridgehead atoms. The Balaban J connectivity index is 2.03. The molecule has 3 rings (SSSR count). The molecule has 1 aliphatic heterocycles. The van der Waals surface area contributed by atoms with Crippen molar-refractivity contribution in [2.45, 2.75) is 26.7 Å². The van der Waals surface area contributed by atoms with E-state index in [1.165, 1.54) is 0 Å². The second-order valence-corrected chi connectivity index (χ2v) is 8.25. The van der Waals surface area contributed by atoms with E-state index in [1.807, 2.05) is 11.8 Å². The molecular weight excluding hydrogens is 439 g/mol. The third kappa shape index (κ3) is 4.77. The zero-order valence-corrected chi connectivity index (χ0v) is 19.3. The summed E-state index contributed by atoms with van der Waals surface area (Å²) >= 11 is 12.6. The number of carbonyl (C=O) groups excluding carboxylic acids is 1. The minimum atomic E-state index is -0.557. The van der Waals surface area contributed by atoms with Crippen molar-refractivity contribution in [3.63, 3.8) is 0 Å². The summed E-state index contributed by atoms with van der Waals surface area (Å²) in [5, 5.41) is 10.4. The van der Waals surface area contributed by atoms with E-state index in [4.69, 9.17) is 37.7 Å². The molecule has 0 atom stereocenters. The largest absolute Gasteiger partial charge is 0.461 e. The van der Waals surface area contributed by atoms with Crippen LogP contribution in [0.15, 0.2) is 18.2 Å². The Hall–Kier alpha value is -2.40. The Morgan fingerprint density at radius 1 is 1.29 bits per heavy atom. The lowest BCUT2D eigenvalue weighted by molar-refractivity contribution is 0.0519. The van der Waals surface area contributed by atoms with Crippen LogP contribution in [0.25, 0.3) is 11.3 Å². The molecule has 9 heteroatoms. The van der Waals surface area contributed by atoms with Crippen molar-refractivity contribution in [3.05, 3.63) is 39.6 Å². The molecule has 164 valence electrons. The number of nitrogens with zero attached hydrogens (tertiary/aromatic N) is 4. The van der Waals surface area contributed by atoms with Gasteiger partial charge in [0, 0.05) is 25.8 Å². The zero-order valence-electron chi connectivity index (χ0n) is 17.7. The number of esters is 1. The minimum absolute atomic E-state index is 0.120. The highest BCUT2D eigenvalue weighted by atomic mass is 35.5. The van der Waals surface area contributed by atoms with Gasteiger partial charge in [-0.2, -0.15) is 5.26 Å². The minimum Gasteiger partial charge on any atom is -0.461 e. The van der Waals surface area contributed by atoms with Crippen LogP contribution in [0.1, 0.15) is 35.9 Å². The van der Waals surface area contributed by atoms with Crippen molar-refractivity contribution >= 4 is 35.0 Å². The fourth-order valence-corrected chi connectivity index (χ4v) is 4.11. The van der Waals surface area contributed by atoms with Crippen molar-refractivity contribution in [2.75, 3.05) is 38.3 Å². The van der Waals surface area contributed by atoms with Gasteiger partial charge in [-0.15, -0.1) is 0 Å². The molecule has 0 N–H and O–H groups in total. The second kappa shape index (κ2) is 9.82. The van der Waals surface area contributed by atoms with Crippen molar-refractivity contribution in [3.8, 4) is 17.3 Å².